The largest absolute Gasteiger partial charge is 0.573 e. The van der Waals surface area contributed by atoms with E-state index in [0.717, 1.165) is 12.1 Å². The van der Waals surface area contributed by atoms with E-state index < -0.39 is 20.2 Å². The van der Waals surface area contributed by atoms with Crippen LogP contribution in [-0.4, -0.2) is 37.1 Å². The van der Waals surface area contributed by atoms with Crippen LogP contribution in [0.1, 0.15) is 10.4 Å². The topological polar surface area (TPSA) is 53.4 Å². The zero-order valence-electron chi connectivity index (χ0n) is 14.8. The standard InChI is InChI=1S/C17H21F3N2O3Si/c1-26(2,3)5-4-24-12-22-10-15(9-21-22)14-6-13(11-23)7-16(8-14)25-17(18,19)20/h6-11H,4-5,12H2,1-3H3. The van der Waals surface area contributed by atoms with Crippen molar-refractivity contribution in [3.8, 4) is 16.9 Å². The van der Waals surface area contributed by atoms with Gasteiger partial charge in [0.05, 0.1) is 6.20 Å². The molecular formula is C17H21F3N2O3Si. The molecule has 0 N–H and O–H groups in total. The summed E-state index contributed by atoms with van der Waals surface area (Å²) < 4.78 is 48.3. The van der Waals surface area contributed by atoms with Crippen molar-refractivity contribution >= 4 is 14.4 Å². The molecule has 5 nitrogen and oxygen atoms in total. The van der Waals surface area contributed by atoms with Crippen LogP contribution >= 0.6 is 0 Å². The highest BCUT2D eigenvalue weighted by atomic mass is 28.3. The Morgan fingerprint density at radius 1 is 1.19 bits per heavy atom. The lowest BCUT2D eigenvalue weighted by Crippen LogP contribution is -2.22. The molecule has 0 spiro atoms. The summed E-state index contributed by atoms with van der Waals surface area (Å²) in [4.78, 5) is 11.0. The highest BCUT2D eigenvalue weighted by Gasteiger charge is 2.31. The van der Waals surface area contributed by atoms with Gasteiger partial charge in [-0.05, 0) is 29.8 Å². The fourth-order valence-corrected chi connectivity index (χ4v) is 2.93. The summed E-state index contributed by atoms with van der Waals surface area (Å²) in [5.74, 6) is -0.448. The second-order valence-electron chi connectivity index (χ2n) is 7.07. The molecule has 0 saturated carbocycles. The van der Waals surface area contributed by atoms with E-state index in [1.165, 1.54) is 18.3 Å². The number of carbonyl (C=O) groups is 1. The monoisotopic (exact) mass is 386 g/mol. The third-order valence-corrected chi connectivity index (χ3v) is 5.19. The van der Waals surface area contributed by atoms with Gasteiger partial charge in [-0.1, -0.05) is 19.6 Å². The Labute approximate surface area is 150 Å². The first-order valence-corrected chi connectivity index (χ1v) is 11.7. The number of ether oxygens (including phenoxy) is 2. The summed E-state index contributed by atoms with van der Waals surface area (Å²) >= 11 is 0. The Kier molecular flexibility index (Phi) is 6.24. The molecule has 0 aliphatic carbocycles. The summed E-state index contributed by atoms with van der Waals surface area (Å²) in [6.07, 6.45) is -1.21. The second kappa shape index (κ2) is 8.04. The highest BCUT2D eigenvalue weighted by molar-refractivity contribution is 6.76. The smallest absolute Gasteiger partial charge is 0.406 e. The highest BCUT2D eigenvalue weighted by Crippen LogP contribution is 2.29. The first-order chi connectivity index (χ1) is 12.1. The van der Waals surface area contributed by atoms with Gasteiger partial charge in [0.25, 0.3) is 0 Å². The van der Waals surface area contributed by atoms with Gasteiger partial charge in [0.2, 0.25) is 0 Å². The van der Waals surface area contributed by atoms with E-state index in [2.05, 4.69) is 29.5 Å². The van der Waals surface area contributed by atoms with Crippen molar-refractivity contribution in [1.82, 2.24) is 9.78 Å². The third-order valence-electron chi connectivity index (χ3n) is 3.49. The Bertz CT molecular complexity index is 754. The van der Waals surface area contributed by atoms with Gasteiger partial charge in [-0.2, -0.15) is 5.10 Å². The minimum Gasteiger partial charge on any atom is -0.406 e. The third kappa shape index (κ3) is 6.64. The van der Waals surface area contributed by atoms with Crippen molar-refractivity contribution in [1.29, 1.82) is 0 Å². The number of carbonyl (C=O) groups excluding carboxylic acids is 1. The molecule has 0 aliphatic heterocycles. The quantitative estimate of drug-likeness (QED) is 0.379. The predicted molar refractivity (Wildman–Crippen MR) is 93.8 cm³/mol. The molecule has 0 unspecified atom stereocenters. The van der Waals surface area contributed by atoms with Crippen LogP contribution in [0.5, 0.6) is 5.75 Å². The second-order valence-corrected chi connectivity index (χ2v) is 12.7. The fourth-order valence-electron chi connectivity index (χ4n) is 2.17. The summed E-state index contributed by atoms with van der Waals surface area (Å²) in [6, 6.07) is 4.76. The molecule has 0 bridgehead atoms. The molecule has 142 valence electrons. The van der Waals surface area contributed by atoms with E-state index >= 15 is 0 Å². The van der Waals surface area contributed by atoms with Crippen molar-refractivity contribution in [3.63, 3.8) is 0 Å². The maximum atomic E-state index is 12.4. The average molecular weight is 386 g/mol. The number of aldehydes is 1. The number of halogens is 3. The molecule has 0 atom stereocenters. The van der Waals surface area contributed by atoms with Crippen molar-refractivity contribution in [3.05, 3.63) is 36.2 Å². The predicted octanol–water partition coefficient (Wildman–Crippen LogP) is 4.57. The molecule has 0 amide bonds. The van der Waals surface area contributed by atoms with Crippen LogP contribution < -0.4 is 4.74 Å². The number of benzene rings is 1. The van der Waals surface area contributed by atoms with Crippen LogP contribution in [0.15, 0.2) is 30.6 Å². The average Bonchev–Trinajstić information content (AvgIpc) is 2.97. The SMILES string of the molecule is C[Si](C)(C)CCOCn1cc(-c2cc(C=O)cc(OC(F)(F)F)c2)cn1. The summed E-state index contributed by atoms with van der Waals surface area (Å²) in [6.45, 7) is 7.65. The lowest BCUT2D eigenvalue weighted by Gasteiger charge is -2.15. The molecule has 26 heavy (non-hydrogen) atoms. The molecule has 0 saturated heterocycles. The number of hydrogen-bond acceptors (Lipinski definition) is 4. The minimum atomic E-state index is -4.83. The Morgan fingerprint density at radius 3 is 2.54 bits per heavy atom. The maximum Gasteiger partial charge on any atom is 0.573 e. The Morgan fingerprint density at radius 2 is 1.92 bits per heavy atom. The van der Waals surface area contributed by atoms with Crippen LogP contribution in [0.4, 0.5) is 13.2 Å². The number of alkyl halides is 3. The number of rotatable bonds is 8. The lowest BCUT2D eigenvalue weighted by atomic mass is 10.1. The van der Waals surface area contributed by atoms with Crippen LogP contribution in [-0.2, 0) is 11.5 Å². The maximum absolute atomic E-state index is 12.4. The molecular weight excluding hydrogens is 365 g/mol. The van der Waals surface area contributed by atoms with Crippen molar-refractivity contribution in [2.45, 2.75) is 38.8 Å². The van der Waals surface area contributed by atoms with Crippen LogP contribution in [0, 0.1) is 0 Å². The van der Waals surface area contributed by atoms with Crippen LogP contribution in [0.25, 0.3) is 11.1 Å². The van der Waals surface area contributed by atoms with E-state index in [1.54, 1.807) is 10.9 Å². The van der Waals surface area contributed by atoms with Crippen LogP contribution in [0.2, 0.25) is 25.7 Å². The fraction of sp³-hybridized carbons (Fsp3) is 0.412. The van der Waals surface area contributed by atoms with Gasteiger partial charge in [-0.3, -0.25) is 4.79 Å². The van der Waals surface area contributed by atoms with Gasteiger partial charge >= 0.3 is 6.36 Å². The van der Waals surface area contributed by atoms with Crippen molar-refractivity contribution < 1.29 is 27.4 Å². The van der Waals surface area contributed by atoms with Gasteiger partial charge in [0, 0.05) is 32.0 Å². The van der Waals surface area contributed by atoms with E-state index in [4.69, 9.17) is 4.74 Å². The summed E-state index contributed by atoms with van der Waals surface area (Å²) in [7, 11) is -1.17. The number of aromatic nitrogens is 2. The molecule has 0 radical (unpaired) electrons. The number of hydrogen-bond donors (Lipinski definition) is 0. The number of nitrogens with zero attached hydrogens (tertiary/aromatic N) is 2. The van der Waals surface area contributed by atoms with Gasteiger partial charge in [-0.25, -0.2) is 4.68 Å². The first-order valence-electron chi connectivity index (χ1n) is 8.02. The van der Waals surface area contributed by atoms with Crippen LogP contribution in [0.3, 0.4) is 0 Å². The minimum absolute atomic E-state index is 0.0842. The van der Waals surface area contributed by atoms with Crippen molar-refractivity contribution in [2.75, 3.05) is 6.61 Å². The molecule has 1 aromatic carbocycles. The molecule has 9 heteroatoms. The summed E-state index contributed by atoms with van der Waals surface area (Å²) in [5.41, 5.74) is 1.05. The van der Waals surface area contributed by atoms with E-state index in [9.17, 15) is 18.0 Å². The van der Waals surface area contributed by atoms with Crippen molar-refractivity contribution in [2.24, 2.45) is 0 Å². The molecule has 1 aromatic heterocycles. The molecule has 0 fully saturated rings. The Hall–Kier alpha value is -2.13. The van der Waals surface area contributed by atoms with Gasteiger partial charge < -0.3 is 9.47 Å². The van der Waals surface area contributed by atoms with Gasteiger partial charge in [0.15, 0.2) is 0 Å². The van der Waals surface area contributed by atoms with Gasteiger partial charge in [-0.15, -0.1) is 13.2 Å². The normalized spacial score (nSPS) is 12.2. The molecule has 2 rings (SSSR count). The zero-order valence-corrected chi connectivity index (χ0v) is 15.8. The molecule has 1 heterocycles. The van der Waals surface area contributed by atoms with Gasteiger partial charge in [0.1, 0.15) is 18.8 Å². The molecule has 0 aliphatic rings. The lowest BCUT2D eigenvalue weighted by molar-refractivity contribution is -0.274. The van der Waals surface area contributed by atoms with E-state index in [0.29, 0.717) is 24.0 Å². The summed E-state index contributed by atoms with van der Waals surface area (Å²) in [5, 5.41) is 4.14. The molecule has 2 aromatic rings. The van der Waals surface area contributed by atoms with E-state index in [-0.39, 0.29) is 12.3 Å². The zero-order chi connectivity index (χ0) is 19.4. The first kappa shape index (κ1) is 20.2. The van der Waals surface area contributed by atoms with E-state index in [1.807, 2.05) is 0 Å². The Balaban J connectivity index is 2.10.